The number of carbonyl (C=O) groups is 3. The first-order valence-electron chi connectivity index (χ1n) is 14.5. The Kier molecular flexibility index (Phi) is 5.93. The maximum Gasteiger partial charge on any atom is 0.317 e. The van der Waals surface area contributed by atoms with Crippen LogP contribution in [-0.2, 0) is 9.59 Å². The second-order valence-corrected chi connectivity index (χ2v) is 14.9. The second-order valence-electron chi connectivity index (χ2n) is 14.9. The predicted molar refractivity (Wildman–Crippen MR) is 147 cm³/mol. The van der Waals surface area contributed by atoms with Gasteiger partial charge in [-0.25, -0.2) is 4.79 Å². The van der Waals surface area contributed by atoms with Crippen LogP contribution in [0.2, 0.25) is 0 Å². The number of nitriles is 1. The van der Waals surface area contributed by atoms with Crippen LogP contribution in [0.25, 0.3) is 0 Å². The molecule has 0 saturated heterocycles. The van der Waals surface area contributed by atoms with Crippen LogP contribution < -0.4 is 5.32 Å². The van der Waals surface area contributed by atoms with Crippen molar-refractivity contribution in [2.24, 2.45) is 45.3 Å². The van der Waals surface area contributed by atoms with Crippen molar-refractivity contribution in [3.8, 4) is 6.07 Å². The van der Waals surface area contributed by atoms with Crippen molar-refractivity contribution < 1.29 is 14.4 Å². The predicted octanol–water partition coefficient (Wildman–Crippen LogP) is 5.84. The van der Waals surface area contributed by atoms with E-state index in [1.165, 1.54) is 0 Å². The topological polar surface area (TPSA) is 90.3 Å². The minimum Gasteiger partial charge on any atom is -0.332 e. The Bertz CT molecular complexity index is 1210. The number of nitrogens with zero attached hydrogens (tertiary/aromatic N) is 2. The van der Waals surface area contributed by atoms with Crippen LogP contribution in [0.3, 0.4) is 0 Å². The normalized spacial score (nSPS) is 45.2. The van der Waals surface area contributed by atoms with Gasteiger partial charge in [-0.15, -0.1) is 0 Å². The second kappa shape index (κ2) is 8.29. The summed E-state index contributed by atoms with van der Waals surface area (Å²) in [6.45, 7) is 13.4. The number of carbonyl (C=O) groups excluding carboxylic acids is 3. The Morgan fingerprint density at radius 2 is 1.68 bits per heavy atom. The SMILES string of the molecule is C[C@@H]1C(=O)C(C#N)=C[C@]2(C)C3=CC(=O)[C@@H]4[C@@H]5CC(C)(C)CC[C@]5(NC(=O)N(C)C)CC[C@@]4(C)[C@]3(C)CC[C@@H]12. The lowest BCUT2D eigenvalue weighted by molar-refractivity contribution is -0.158. The van der Waals surface area contributed by atoms with Gasteiger partial charge in [0.2, 0.25) is 0 Å². The molecule has 0 aromatic rings. The largest absolute Gasteiger partial charge is 0.332 e. The number of allylic oxidation sites excluding steroid dienone is 4. The minimum absolute atomic E-state index is 0.0612. The molecular formula is C32H45N3O3. The molecule has 0 unspecified atom stereocenters. The molecule has 6 nitrogen and oxygen atoms in total. The van der Waals surface area contributed by atoms with Crippen molar-refractivity contribution in [2.45, 2.75) is 92.0 Å². The summed E-state index contributed by atoms with van der Waals surface area (Å²) >= 11 is 0. The first-order chi connectivity index (χ1) is 17.6. The summed E-state index contributed by atoms with van der Waals surface area (Å²) < 4.78 is 0. The fourth-order valence-corrected chi connectivity index (χ4v) is 9.80. The van der Waals surface area contributed by atoms with Gasteiger partial charge in [0, 0.05) is 36.9 Å². The molecule has 206 valence electrons. The average molecular weight is 520 g/mol. The van der Waals surface area contributed by atoms with E-state index in [9.17, 15) is 19.6 Å². The van der Waals surface area contributed by atoms with E-state index in [0.29, 0.717) is 0 Å². The van der Waals surface area contributed by atoms with Gasteiger partial charge in [0.15, 0.2) is 11.6 Å². The molecule has 1 N–H and O–H groups in total. The molecule has 6 heteroatoms. The molecule has 0 bridgehead atoms. The van der Waals surface area contributed by atoms with Gasteiger partial charge >= 0.3 is 6.03 Å². The van der Waals surface area contributed by atoms with Crippen molar-refractivity contribution in [1.29, 1.82) is 5.26 Å². The third-order valence-corrected chi connectivity index (χ3v) is 12.3. The van der Waals surface area contributed by atoms with E-state index in [4.69, 9.17) is 0 Å². The van der Waals surface area contributed by atoms with Crippen LogP contribution in [0.15, 0.2) is 23.3 Å². The number of nitrogens with one attached hydrogen (secondary N) is 1. The van der Waals surface area contributed by atoms with Crippen LogP contribution in [-0.4, -0.2) is 42.1 Å². The third-order valence-electron chi connectivity index (χ3n) is 12.3. The van der Waals surface area contributed by atoms with Crippen LogP contribution in [0, 0.1) is 56.7 Å². The third kappa shape index (κ3) is 3.45. The van der Waals surface area contributed by atoms with E-state index in [-0.39, 0.29) is 68.6 Å². The lowest BCUT2D eigenvalue weighted by Gasteiger charge is -2.68. The van der Waals surface area contributed by atoms with Crippen LogP contribution >= 0.6 is 0 Å². The van der Waals surface area contributed by atoms with E-state index in [1.807, 2.05) is 19.1 Å². The summed E-state index contributed by atoms with van der Waals surface area (Å²) in [7, 11) is 3.56. The van der Waals surface area contributed by atoms with E-state index in [2.05, 4.69) is 46.0 Å². The lowest BCUT2D eigenvalue weighted by Crippen LogP contribution is -2.70. The van der Waals surface area contributed by atoms with Gasteiger partial charge in [-0.05, 0) is 79.1 Å². The number of hydrogen-bond acceptors (Lipinski definition) is 4. The van der Waals surface area contributed by atoms with E-state index in [1.54, 1.807) is 19.0 Å². The van der Waals surface area contributed by atoms with Crippen LogP contribution in [0.1, 0.15) is 86.5 Å². The molecule has 0 spiro atoms. The van der Waals surface area contributed by atoms with E-state index in [0.717, 1.165) is 50.5 Å². The average Bonchev–Trinajstić information content (AvgIpc) is 2.83. The number of urea groups is 1. The Hall–Kier alpha value is -2.42. The molecule has 5 rings (SSSR count). The molecule has 0 radical (unpaired) electrons. The molecule has 0 aliphatic heterocycles. The first-order valence-corrected chi connectivity index (χ1v) is 14.5. The molecule has 8 atom stereocenters. The standard InChI is InChI=1S/C32H45N3O3/c1-19-21-9-10-30(5)24(29(21,4)16-20(18-33)26(19)37)15-23(36)25-22-17-28(2,3)11-13-32(22,14-12-31(25,30)6)34-27(38)35(7)8/h15-16,19,21-22,25H,9-14,17H2,1-8H3,(H,34,38)/t19-,21-,22-,25-,29-,30+,31+,32-/m0/s1. The smallest absolute Gasteiger partial charge is 0.317 e. The first kappa shape index (κ1) is 27.2. The molecule has 0 heterocycles. The molecule has 5 aliphatic rings. The van der Waals surface area contributed by atoms with Gasteiger partial charge in [-0.2, -0.15) is 5.26 Å². The van der Waals surface area contributed by atoms with Gasteiger partial charge in [-0.1, -0.05) is 53.2 Å². The van der Waals surface area contributed by atoms with Crippen molar-refractivity contribution in [2.75, 3.05) is 14.1 Å². The molecule has 0 aromatic heterocycles. The zero-order valence-electron chi connectivity index (χ0n) is 24.5. The van der Waals surface area contributed by atoms with Gasteiger partial charge in [0.1, 0.15) is 6.07 Å². The van der Waals surface area contributed by atoms with Crippen molar-refractivity contribution in [3.63, 3.8) is 0 Å². The van der Waals surface area contributed by atoms with Crippen molar-refractivity contribution >= 4 is 17.6 Å². The molecule has 38 heavy (non-hydrogen) atoms. The van der Waals surface area contributed by atoms with Crippen LogP contribution in [0.4, 0.5) is 4.79 Å². The van der Waals surface area contributed by atoms with Gasteiger partial charge < -0.3 is 10.2 Å². The zero-order chi connectivity index (χ0) is 28.1. The Labute approximate surface area is 228 Å². The summed E-state index contributed by atoms with van der Waals surface area (Å²) in [6, 6.07) is 2.08. The summed E-state index contributed by atoms with van der Waals surface area (Å²) in [6.07, 6.45) is 10.2. The highest BCUT2D eigenvalue weighted by Crippen LogP contribution is 2.72. The number of hydrogen-bond donors (Lipinski definition) is 1. The molecule has 2 amide bonds. The fraction of sp³-hybridized carbons (Fsp3) is 0.750. The van der Waals surface area contributed by atoms with Crippen molar-refractivity contribution in [1.82, 2.24) is 10.2 Å². The van der Waals surface area contributed by atoms with Gasteiger partial charge in [0.25, 0.3) is 0 Å². The summed E-state index contributed by atoms with van der Waals surface area (Å²) in [5.41, 5.74) is 0.105. The number of ketones is 2. The summed E-state index contributed by atoms with van der Waals surface area (Å²) in [4.78, 5) is 42.0. The highest BCUT2D eigenvalue weighted by molar-refractivity contribution is 6.02. The summed E-state index contributed by atoms with van der Waals surface area (Å²) in [5, 5.41) is 13.2. The molecule has 5 aliphatic carbocycles. The maximum atomic E-state index is 14.4. The van der Waals surface area contributed by atoms with Crippen molar-refractivity contribution in [3.05, 3.63) is 23.3 Å². The van der Waals surface area contributed by atoms with E-state index >= 15 is 0 Å². The number of fused-ring (bicyclic) bond motifs is 7. The van der Waals surface area contributed by atoms with Crippen LogP contribution in [0.5, 0.6) is 0 Å². The molecule has 3 saturated carbocycles. The van der Waals surface area contributed by atoms with Gasteiger partial charge in [-0.3, -0.25) is 9.59 Å². The zero-order valence-corrected chi connectivity index (χ0v) is 24.5. The Morgan fingerprint density at radius 3 is 2.32 bits per heavy atom. The Balaban J connectivity index is 1.66. The molecule has 0 aromatic carbocycles. The summed E-state index contributed by atoms with van der Waals surface area (Å²) in [5.74, 6) is -0.133. The molecule has 3 fully saturated rings. The fourth-order valence-electron chi connectivity index (χ4n) is 9.80. The van der Waals surface area contributed by atoms with E-state index < -0.39 is 5.41 Å². The minimum atomic E-state index is -0.492. The highest BCUT2D eigenvalue weighted by atomic mass is 16.2. The quantitative estimate of drug-likeness (QED) is 0.471. The Morgan fingerprint density at radius 1 is 1.03 bits per heavy atom. The highest BCUT2D eigenvalue weighted by Gasteiger charge is 2.69. The van der Waals surface area contributed by atoms with Gasteiger partial charge in [0.05, 0.1) is 5.57 Å². The monoisotopic (exact) mass is 519 g/mol. The number of amides is 2. The number of rotatable bonds is 1. The maximum absolute atomic E-state index is 14.4. The molecular weight excluding hydrogens is 474 g/mol. The lowest BCUT2D eigenvalue weighted by atomic mass is 9.36. The number of Topliss-reactive ketones (excluding diaryl/α,β-unsaturated/α-hetero) is 1.